The third kappa shape index (κ3) is 2.57. The van der Waals surface area contributed by atoms with E-state index in [1.165, 1.54) is 0 Å². The van der Waals surface area contributed by atoms with Crippen LogP contribution in [0.3, 0.4) is 0 Å². The van der Waals surface area contributed by atoms with Crippen LogP contribution in [0.4, 0.5) is 0 Å². The predicted molar refractivity (Wildman–Crippen MR) is 43.4 cm³/mol. The molecule has 4 nitrogen and oxygen atoms in total. The number of hydrogen-bond acceptors (Lipinski definition) is 3. The summed E-state index contributed by atoms with van der Waals surface area (Å²) in [4.78, 5) is 17.4. The Bertz CT molecular complexity index is 254. The molecule has 4 heteroatoms. The molecule has 12 heavy (non-hydrogen) atoms. The van der Waals surface area contributed by atoms with Gasteiger partial charge in [-0.25, -0.2) is 9.78 Å². The Morgan fingerprint density at radius 2 is 2.67 bits per heavy atom. The van der Waals surface area contributed by atoms with Gasteiger partial charge in [0.15, 0.2) is 0 Å². The Labute approximate surface area is 70.3 Å². The molecule has 0 fully saturated rings. The summed E-state index contributed by atoms with van der Waals surface area (Å²) in [5.41, 5.74) is 0. The number of carbonyl (C=O) groups is 1. The molecule has 1 N–H and O–H groups in total. The number of carbonyl (C=O) groups excluding carboxylic acids is 1. The number of imidazole rings is 1. The molecule has 0 spiro atoms. The molecule has 0 radical (unpaired) electrons. The Kier molecular flexibility index (Phi) is 3.07. The first-order valence-corrected chi connectivity index (χ1v) is 3.60. The van der Waals surface area contributed by atoms with Gasteiger partial charge in [0, 0.05) is 24.9 Å². The number of hydrogen-bond donors (Lipinski definition) is 1. The number of ether oxygens (including phenoxy) is 1. The summed E-state index contributed by atoms with van der Waals surface area (Å²) in [5, 5.41) is 0. The second-order valence-electron chi connectivity index (χ2n) is 2.16. The number of nitrogens with one attached hydrogen (secondary N) is 1. The number of H-pyrrole nitrogens is 1. The van der Waals surface area contributed by atoms with Crippen LogP contribution < -0.4 is 0 Å². The molecule has 0 aliphatic heterocycles. The monoisotopic (exact) mass is 166 g/mol. The third-order valence-corrected chi connectivity index (χ3v) is 1.30. The third-order valence-electron chi connectivity index (χ3n) is 1.30. The van der Waals surface area contributed by atoms with Crippen molar-refractivity contribution in [3.05, 3.63) is 30.9 Å². The van der Waals surface area contributed by atoms with Gasteiger partial charge in [-0.05, 0) is 0 Å². The molecule has 1 aromatic rings. The Morgan fingerprint density at radius 1 is 1.83 bits per heavy atom. The normalized spacial score (nSPS) is 9.33. The Hall–Kier alpha value is -1.58. The largest absolute Gasteiger partial charge is 0.462 e. The zero-order valence-electron chi connectivity index (χ0n) is 6.62. The second kappa shape index (κ2) is 4.33. The zero-order valence-corrected chi connectivity index (χ0v) is 6.62. The molecular formula is C8H10N2O2. The van der Waals surface area contributed by atoms with Crippen LogP contribution in [0.15, 0.2) is 25.0 Å². The standard InChI is InChI=1S/C8H10N2O2/c1-2-8(11)12-6-3-7-9-4-5-10-7/h2,4-5H,1,3,6H2,(H,9,10). The van der Waals surface area contributed by atoms with E-state index in [4.69, 9.17) is 4.74 Å². The summed E-state index contributed by atoms with van der Waals surface area (Å²) in [6.45, 7) is 3.61. The number of rotatable bonds is 4. The van der Waals surface area contributed by atoms with Crippen LogP contribution in [0.1, 0.15) is 5.82 Å². The molecule has 1 rings (SSSR count). The molecule has 0 aromatic carbocycles. The summed E-state index contributed by atoms with van der Waals surface area (Å²) >= 11 is 0. The van der Waals surface area contributed by atoms with Gasteiger partial charge in [-0.1, -0.05) is 6.58 Å². The highest BCUT2D eigenvalue weighted by atomic mass is 16.5. The first-order chi connectivity index (χ1) is 5.83. The lowest BCUT2D eigenvalue weighted by Crippen LogP contribution is -2.05. The average Bonchev–Trinajstić information content (AvgIpc) is 2.57. The van der Waals surface area contributed by atoms with Crippen molar-refractivity contribution in [3.8, 4) is 0 Å². The number of nitrogens with zero attached hydrogens (tertiary/aromatic N) is 1. The summed E-state index contributed by atoms with van der Waals surface area (Å²) in [6, 6.07) is 0. The number of aromatic amines is 1. The molecular weight excluding hydrogens is 156 g/mol. The molecule has 1 aromatic heterocycles. The molecule has 0 amide bonds. The fourth-order valence-electron chi connectivity index (χ4n) is 0.742. The van der Waals surface area contributed by atoms with E-state index >= 15 is 0 Å². The molecule has 0 aliphatic carbocycles. The van der Waals surface area contributed by atoms with Crippen molar-refractivity contribution in [1.82, 2.24) is 9.97 Å². The minimum Gasteiger partial charge on any atom is -0.462 e. The maximum Gasteiger partial charge on any atom is 0.330 e. The van der Waals surface area contributed by atoms with Crippen molar-refractivity contribution >= 4 is 5.97 Å². The molecule has 0 atom stereocenters. The topological polar surface area (TPSA) is 55.0 Å². The van der Waals surface area contributed by atoms with Crippen molar-refractivity contribution in [3.63, 3.8) is 0 Å². The maximum absolute atomic E-state index is 10.6. The number of aromatic nitrogens is 2. The van der Waals surface area contributed by atoms with Crippen molar-refractivity contribution in [1.29, 1.82) is 0 Å². The summed E-state index contributed by atoms with van der Waals surface area (Å²) in [7, 11) is 0. The highest BCUT2D eigenvalue weighted by Crippen LogP contribution is 1.90. The lowest BCUT2D eigenvalue weighted by molar-refractivity contribution is -0.137. The van der Waals surface area contributed by atoms with Gasteiger partial charge < -0.3 is 9.72 Å². The van der Waals surface area contributed by atoms with E-state index in [-0.39, 0.29) is 0 Å². The molecule has 0 aliphatic rings. The van der Waals surface area contributed by atoms with E-state index in [1.54, 1.807) is 12.4 Å². The van der Waals surface area contributed by atoms with Crippen molar-refractivity contribution < 1.29 is 9.53 Å². The average molecular weight is 166 g/mol. The van der Waals surface area contributed by atoms with Gasteiger partial charge in [0.05, 0.1) is 6.61 Å². The van der Waals surface area contributed by atoms with Crippen LogP contribution in [0.5, 0.6) is 0 Å². The van der Waals surface area contributed by atoms with E-state index in [2.05, 4.69) is 16.5 Å². The van der Waals surface area contributed by atoms with E-state index in [9.17, 15) is 4.79 Å². The van der Waals surface area contributed by atoms with E-state index < -0.39 is 5.97 Å². The van der Waals surface area contributed by atoms with Gasteiger partial charge in [-0.3, -0.25) is 0 Å². The van der Waals surface area contributed by atoms with Gasteiger partial charge in [-0.2, -0.15) is 0 Å². The predicted octanol–water partition coefficient (Wildman–Crippen LogP) is 0.681. The lowest BCUT2D eigenvalue weighted by atomic mass is 10.4. The van der Waals surface area contributed by atoms with Crippen LogP contribution >= 0.6 is 0 Å². The van der Waals surface area contributed by atoms with Gasteiger partial charge in [0.25, 0.3) is 0 Å². The molecule has 1 heterocycles. The van der Waals surface area contributed by atoms with Crippen LogP contribution in [0, 0.1) is 0 Å². The first-order valence-electron chi connectivity index (χ1n) is 3.60. The van der Waals surface area contributed by atoms with E-state index in [1.807, 2.05) is 0 Å². The second-order valence-corrected chi connectivity index (χ2v) is 2.16. The van der Waals surface area contributed by atoms with E-state index in [0.717, 1.165) is 11.9 Å². The van der Waals surface area contributed by atoms with Crippen molar-refractivity contribution in [2.75, 3.05) is 6.61 Å². The fourth-order valence-corrected chi connectivity index (χ4v) is 0.742. The minimum absolute atomic E-state index is 0.332. The minimum atomic E-state index is -0.401. The zero-order chi connectivity index (χ0) is 8.81. The Morgan fingerprint density at radius 3 is 3.25 bits per heavy atom. The molecule has 0 unspecified atom stereocenters. The quantitative estimate of drug-likeness (QED) is 0.528. The highest BCUT2D eigenvalue weighted by molar-refractivity contribution is 5.81. The molecule has 0 bridgehead atoms. The summed E-state index contributed by atoms with van der Waals surface area (Å²) in [5.74, 6) is 0.411. The first kappa shape index (κ1) is 8.52. The Balaban J connectivity index is 2.19. The van der Waals surface area contributed by atoms with Gasteiger partial charge in [0.2, 0.25) is 0 Å². The van der Waals surface area contributed by atoms with Crippen molar-refractivity contribution in [2.24, 2.45) is 0 Å². The maximum atomic E-state index is 10.6. The summed E-state index contributed by atoms with van der Waals surface area (Å²) < 4.78 is 4.75. The molecule has 0 saturated carbocycles. The van der Waals surface area contributed by atoms with Crippen LogP contribution in [-0.2, 0) is 16.0 Å². The molecule has 0 saturated heterocycles. The van der Waals surface area contributed by atoms with E-state index in [0.29, 0.717) is 13.0 Å². The molecule has 64 valence electrons. The van der Waals surface area contributed by atoms with Gasteiger partial charge >= 0.3 is 5.97 Å². The van der Waals surface area contributed by atoms with Gasteiger partial charge in [-0.15, -0.1) is 0 Å². The van der Waals surface area contributed by atoms with Gasteiger partial charge in [0.1, 0.15) is 5.82 Å². The summed E-state index contributed by atoms with van der Waals surface area (Å²) in [6.07, 6.45) is 5.13. The van der Waals surface area contributed by atoms with Crippen LogP contribution in [0.25, 0.3) is 0 Å². The number of esters is 1. The smallest absolute Gasteiger partial charge is 0.330 e. The van der Waals surface area contributed by atoms with Crippen LogP contribution in [0.2, 0.25) is 0 Å². The van der Waals surface area contributed by atoms with Crippen molar-refractivity contribution in [2.45, 2.75) is 6.42 Å². The fraction of sp³-hybridized carbons (Fsp3) is 0.250. The lowest BCUT2D eigenvalue weighted by Gasteiger charge is -1.98. The van der Waals surface area contributed by atoms with Crippen LogP contribution in [-0.4, -0.2) is 22.5 Å². The SMILES string of the molecule is C=CC(=O)OCCc1ncc[nH]1. The highest BCUT2D eigenvalue weighted by Gasteiger charge is 1.97.